The second kappa shape index (κ2) is 25.2. The van der Waals surface area contributed by atoms with Crippen molar-refractivity contribution in [2.24, 2.45) is 0 Å². The number of carboxylic acid groups (broad SMARTS) is 1. The minimum Gasteiger partial charge on any atom is -0.870 e. The van der Waals surface area contributed by atoms with Crippen LogP contribution in [-0.2, 0) is 29.9 Å². The van der Waals surface area contributed by atoms with Crippen molar-refractivity contribution in [3.05, 3.63) is 83.0 Å². The Hall–Kier alpha value is -5.78. The number of aromatic carboxylic acids is 1. The second-order valence-corrected chi connectivity index (χ2v) is 14.0. The summed E-state index contributed by atoms with van der Waals surface area (Å²) in [6.45, 7) is 5.61. The molecule has 0 radical (unpaired) electrons. The van der Waals surface area contributed by atoms with Gasteiger partial charge in [-0.3, -0.25) is 0 Å². The predicted octanol–water partition coefficient (Wildman–Crippen LogP) is 5.94. The molecule has 0 aliphatic rings. The molecule has 17 nitrogen and oxygen atoms in total. The van der Waals surface area contributed by atoms with Gasteiger partial charge in [-0.25, -0.2) is 29.5 Å². The molecule has 0 unspecified atom stereocenters. The van der Waals surface area contributed by atoms with Crippen LogP contribution in [0.1, 0.15) is 90.4 Å². The molecule has 4 heterocycles. The average molecular weight is 947 g/mol. The summed E-state index contributed by atoms with van der Waals surface area (Å²) >= 11 is 0. The van der Waals surface area contributed by atoms with Crippen LogP contribution >= 0.6 is 0 Å². The molecule has 354 valence electrons. The molecular formula is C42H49F6N8NaO9. The summed E-state index contributed by atoms with van der Waals surface area (Å²) in [6, 6.07) is 5.68. The van der Waals surface area contributed by atoms with Crippen LogP contribution in [0.3, 0.4) is 0 Å². The Balaban J connectivity index is 0.000000434. The molecule has 0 amide bonds. The number of rotatable bonds is 18. The minimum absolute atomic E-state index is 0. The van der Waals surface area contributed by atoms with E-state index in [2.05, 4.69) is 35.0 Å². The van der Waals surface area contributed by atoms with Crippen molar-refractivity contribution in [2.75, 3.05) is 57.3 Å². The number of alkyl halides is 6. The molecular weight excluding hydrogens is 897 g/mol. The van der Waals surface area contributed by atoms with E-state index in [0.717, 1.165) is 0 Å². The standard InChI is InChI=1S/C21H23F3N4O4.C20H21F3N4O4.CH4.Na.H2O/c1-4-6-13-16(8-7-14-18(13)32-27-19(14)21(22,23)24)31-10-5-9-28(2)17-12-25-15(11-26-17)20(29)30-3;1-3-5-12-15(7-6-13-17(12)31-26-18(13)20(21,22)23)30-9-4-8-27(2)16-11-24-14(10-25-16)19(28)29;;;/h7-8,11-12H,4-6,9-10H2,1-3H3;6-7,10-11H,3-5,8-9H2,1-2H3,(H,28,29);1H4;;1H2/q;;;+1;/p-1. The topological polar surface area (TPSA) is 222 Å². The minimum atomic E-state index is -4.59. The van der Waals surface area contributed by atoms with E-state index in [1.807, 2.05) is 25.8 Å². The number of carbonyl (C=O) groups excluding carboxylic acids is 1. The zero-order valence-corrected chi connectivity index (χ0v) is 38.3. The number of aromatic nitrogens is 6. The molecule has 24 heteroatoms. The monoisotopic (exact) mass is 946 g/mol. The molecule has 0 atom stereocenters. The fraction of sp³-hybridized carbons (Fsp3) is 0.429. The first-order valence-corrected chi connectivity index (χ1v) is 19.6. The summed E-state index contributed by atoms with van der Waals surface area (Å²) in [7, 11) is 4.88. The average Bonchev–Trinajstić information content (AvgIpc) is 3.91. The van der Waals surface area contributed by atoms with Gasteiger partial charge in [-0.05, 0) is 49.9 Å². The third-order valence-corrected chi connectivity index (χ3v) is 9.40. The molecule has 0 spiro atoms. The van der Waals surface area contributed by atoms with Crippen LogP contribution < -0.4 is 48.8 Å². The predicted molar refractivity (Wildman–Crippen MR) is 224 cm³/mol. The number of anilines is 2. The maximum absolute atomic E-state index is 13.1. The molecule has 6 aromatic rings. The Morgan fingerprint density at radius 3 is 1.42 bits per heavy atom. The van der Waals surface area contributed by atoms with Crippen molar-refractivity contribution in [3.8, 4) is 11.5 Å². The van der Waals surface area contributed by atoms with Crippen molar-refractivity contribution in [1.82, 2.24) is 30.2 Å². The molecule has 6 rings (SSSR count). The van der Waals surface area contributed by atoms with Crippen molar-refractivity contribution < 1.29 is 99.3 Å². The van der Waals surface area contributed by atoms with E-state index >= 15 is 0 Å². The molecule has 2 N–H and O–H groups in total. The fourth-order valence-electron chi connectivity index (χ4n) is 6.29. The summed E-state index contributed by atoms with van der Waals surface area (Å²) < 4.78 is 105. The number of halogens is 6. The summed E-state index contributed by atoms with van der Waals surface area (Å²) in [5, 5.41) is 15.2. The van der Waals surface area contributed by atoms with Gasteiger partial charge in [0.15, 0.2) is 33.9 Å². The van der Waals surface area contributed by atoms with Crippen LogP contribution in [0.15, 0.2) is 58.1 Å². The molecule has 0 aliphatic carbocycles. The van der Waals surface area contributed by atoms with Gasteiger partial charge in [0.1, 0.15) is 23.1 Å². The van der Waals surface area contributed by atoms with E-state index in [1.165, 1.54) is 56.2 Å². The molecule has 0 saturated carbocycles. The zero-order chi connectivity index (χ0) is 45.9. The summed E-state index contributed by atoms with van der Waals surface area (Å²) in [5.41, 5.74) is -0.752. The Morgan fingerprint density at radius 2 is 1.09 bits per heavy atom. The fourth-order valence-corrected chi connectivity index (χ4v) is 6.29. The van der Waals surface area contributed by atoms with Crippen LogP contribution in [0, 0.1) is 0 Å². The number of carboxylic acids is 1. The van der Waals surface area contributed by atoms with E-state index in [-0.39, 0.29) is 75.8 Å². The molecule has 0 aliphatic heterocycles. The van der Waals surface area contributed by atoms with Gasteiger partial charge >= 0.3 is 53.8 Å². The van der Waals surface area contributed by atoms with Crippen LogP contribution in [0.25, 0.3) is 21.9 Å². The normalized spacial score (nSPS) is 11.1. The van der Waals surface area contributed by atoms with Gasteiger partial charge in [-0.15, -0.1) is 0 Å². The van der Waals surface area contributed by atoms with E-state index < -0.39 is 35.7 Å². The number of esters is 1. The smallest absolute Gasteiger partial charge is 0.870 e. The van der Waals surface area contributed by atoms with Crippen LogP contribution in [0.5, 0.6) is 11.5 Å². The van der Waals surface area contributed by atoms with Gasteiger partial charge in [-0.2, -0.15) is 26.3 Å². The zero-order valence-electron chi connectivity index (χ0n) is 36.3. The van der Waals surface area contributed by atoms with Gasteiger partial charge < -0.3 is 43.6 Å². The Kier molecular flexibility index (Phi) is 21.5. The van der Waals surface area contributed by atoms with E-state index in [9.17, 15) is 35.9 Å². The second-order valence-electron chi connectivity index (χ2n) is 14.0. The van der Waals surface area contributed by atoms with Crippen LogP contribution in [-0.4, -0.2) is 100 Å². The van der Waals surface area contributed by atoms with Crippen LogP contribution in [0.2, 0.25) is 0 Å². The van der Waals surface area contributed by atoms with Crippen molar-refractivity contribution in [2.45, 2.75) is 72.2 Å². The Bertz CT molecular complexity index is 2470. The molecule has 0 bridgehead atoms. The number of fused-ring (bicyclic) bond motifs is 2. The van der Waals surface area contributed by atoms with Crippen molar-refractivity contribution in [1.29, 1.82) is 0 Å². The number of methoxy groups -OCH3 is 1. The number of hydrogen-bond acceptors (Lipinski definition) is 16. The quantitative estimate of drug-likeness (QED) is 0.0456. The van der Waals surface area contributed by atoms with E-state index in [1.54, 1.807) is 11.9 Å². The van der Waals surface area contributed by atoms with Gasteiger partial charge in [0.2, 0.25) is 0 Å². The number of aryl methyl sites for hydroxylation is 2. The van der Waals surface area contributed by atoms with Gasteiger partial charge in [0.05, 0.1) is 55.9 Å². The first-order valence-electron chi connectivity index (χ1n) is 19.6. The summed E-state index contributed by atoms with van der Waals surface area (Å²) in [4.78, 5) is 42.0. The van der Waals surface area contributed by atoms with E-state index in [0.29, 0.717) is 99.1 Å². The largest absolute Gasteiger partial charge is 1.00 e. The molecule has 4 aromatic heterocycles. The summed E-state index contributed by atoms with van der Waals surface area (Å²) in [6.07, 6.45) is -0.194. The first-order chi connectivity index (χ1) is 30.0. The number of benzene rings is 2. The summed E-state index contributed by atoms with van der Waals surface area (Å²) in [5.74, 6) is 0.325. The number of carbonyl (C=O) groups is 2. The maximum atomic E-state index is 13.1. The van der Waals surface area contributed by atoms with E-state index in [4.69, 9.17) is 23.6 Å². The number of ether oxygens (including phenoxy) is 3. The SMILES string of the molecule is C.CCCc1c(OCCCN(C)c2cnc(C(=O)O)cn2)ccc2c(C(F)(F)F)noc12.CCCc1c(OCCCN(C)c2cnc(C(=O)OC)cn2)ccc2c(C(F)(F)F)noc12.[Na+].[OH-]. The van der Waals surface area contributed by atoms with Gasteiger partial charge in [-0.1, -0.05) is 44.4 Å². The van der Waals surface area contributed by atoms with Crippen molar-refractivity contribution >= 4 is 45.5 Å². The maximum Gasteiger partial charge on any atom is 1.00 e. The number of nitrogens with zero attached hydrogens (tertiary/aromatic N) is 8. The Labute approximate surface area is 397 Å². The molecule has 66 heavy (non-hydrogen) atoms. The van der Waals surface area contributed by atoms with Crippen molar-refractivity contribution in [3.63, 3.8) is 0 Å². The van der Waals surface area contributed by atoms with Crippen LogP contribution in [0.4, 0.5) is 38.0 Å². The third kappa shape index (κ3) is 14.1. The Morgan fingerprint density at radius 1 is 0.682 bits per heavy atom. The number of hydrogen-bond donors (Lipinski definition) is 1. The third-order valence-electron chi connectivity index (χ3n) is 9.40. The van der Waals surface area contributed by atoms with Gasteiger partial charge in [0, 0.05) is 38.3 Å². The van der Waals surface area contributed by atoms with Gasteiger partial charge in [0.25, 0.3) is 0 Å². The first kappa shape index (κ1) is 56.3. The molecule has 0 fully saturated rings. The molecule has 0 saturated heterocycles. The molecule has 2 aromatic carbocycles.